The van der Waals surface area contributed by atoms with Crippen molar-refractivity contribution in [2.24, 2.45) is 0 Å². The van der Waals surface area contributed by atoms with Gasteiger partial charge in [0.05, 0.1) is 11.5 Å². The van der Waals surface area contributed by atoms with Crippen LogP contribution in [0.4, 0.5) is 0 Å². The molecule has 0 aromatic heterocycles. The summed E-state index contributed by atoms with van der Waals surface area (Å²) in [5, 5.41) is 0. The zero-order valence-electron chi connectivity index (χ0n) is 12.7. The Bertz CT molecular complexity index is 539. The van der Waals surface area contributed by atoms with Crippen molar-refractivity contribution in [3.8, 4) is 0 Å². The molecule has 2 saturated heterocycles. The molecule has 0 bridgehead atoms. The summed E-state index contributed by atoms with van der Waals surface area (Å²) in [5.74, 6) is -0.118. The highest BCUT2D eigenvalue weighted by Gasteiger charge is 2.35. The Kier molecular flexibility index (Phi) is 5.67. The number of hydrogen-bond acceptors (Lipinski definition) is 5. The third-order valence-corrected chi connectivity index (χ3v) is 7.30. The molecule has 2 aliphatic heterocycles. The van der Waals surface area contributed by atoms with Gasteiger partial charge in [0, 0.05) is 25.4 Å². The van der Waals surface area contributed by atoms with Gasteiger partial charge in [0.1, 0.15) is 9.84 Å². The van der Waals surface area contributed by atoms with E-state index in [0.717, 1.165) is 38.7 Å². The van der Waals surface area contributed by atoms with Gasteiger partial charge in [-0.1, -0.05) is 0 Å². The van der Waals surface area contributed by atoms with E-state index in [1.54, 1.807) is 4.31 Å². The van der Waals surface area contributed by atoms with E-state index in [4.69, 9.17) is 0 Å². The SMILES string of the molecule is CS(=O)(=O)CCCS(=O)(=O)N1CCC[C@H]1CN1CCCC1. The van der Waals surface area contributed by atoms with Crippen molar-refractivity contribution in [3.05, 3.63) is 0 Å². The van der Waals surface area contributed by atoms with Crippen LogP contribution in [0.2, 0.25) is 0 Å². The first-order chi connectivity index (χ1) is 9.78. The molecule has 124 valence electrons. The number of likely N-dealkylation sites (tertiary alicyclic amines) is 1. The van der Waals surface area contributed by atoms with Crippen LogP contribution in [-0.2, 0) is 19.9 Å². The van der Waals surface area contributed by atoms with Crippen LogP contribution in [0.15, 0.2) is 0 Å². The second-order valence-corrected chi connectivity index (χ2v) is 10.5. The Morgan fingerprint density at radius 1 is 0.952 bits per heavy atom. The summed E-state index contributed by atoms with van der Waals surface area (Å²) in [6, 6.07) is 0.0753. The van der Waals surface area contributed by atoms with E-state index in [1.165, 1.54) is 12.8 Å². The molecule has 0 aromatic carbocycles. The third-order valence-electron chi connectivity index (χ3n) is 4.27. The molecular weight excluding hydrogens is 312 g/mol. The highest BCUT2D eigenvalue weighted by Crippen LogP contribution is 2.24. The van der Waals surface area contributed by atoms with Crippen molar-refractivity contribution >= 4 is 19.9 Å². The molecule has 0 N–H and O–H groups in total. The van der Waals surface area contributed by atoms with Gasteiger partial charge < -0.3 is 4.90 Å². The first-order valence-corrected chi connectivity index (χ1v) is 11.3. The molecule has 2 rings (SSSR count). The predicted molar refractivity (Wildman–Crippen MR) is 83.5 cm³/mol. The lowest BCUT2D eigenvalue weighted by Crippen LogP contribution is -2.43. The van der Waals surface area contributed by atoms with Gasteiger partial charge in [-0.15, -0.1) is 0 Å². The van der Waals surface area contributed by atoms with Gasteiger partial charge in [-0.25, -0.2) is 16.8 Å². The van der Waals surface area contributed by atoms with Gasteiger partial charge in [0.15, 0.2) is 0 Å². The Balaban J connectivity index is 1.90. The first-order valence-electron chi connectivity index (χ1n) is 7.67. The van der Waals surface area contributed by atoms with Crippen LogP contribution in [0.5, 0.6) is 0 Å². The van der Waals surface area contributed by atoms with E-state index >= 15 is 0 Å². The van der Waals surface area contributed by atoms with Crippen molar-refractivity contribution in [2.45, 2.75) is 38.1 Å². The number of hydrogen-bond donors (Lipinski definition) is 0. The monoisotopic (exact) mass is 338 g/mol. The zero-order valence-corrected chi connectivity index (χ0v) is 14.3. The number of nitrogens with zero attached hydrogens (tertiary/aromatic N) is 2. The topological polar surface area (TPSA) is 74.8 Å². The maximum Gasteiger partial charge on any atom is 0.214 e. The predicted octanol–water partition coefficient (Wildman–Crippen LogP) is 0.311. The molecule has 0 aliphatic carbocycles. The average molecular weight is 338 g/mol. The lowest BCUT2D eigenvalue weighted by atomic mass is 10.2. The fraction of sp³-hybridized carbons (Fsp3) is 1.00. The van der Waals surface area contributed by atoms with Gasteiger partial charge in [0.2, 0.25) is 10.0 Å². The summed E-state index contributed by atoms with van der Waals surface area (Å²) in [6.45, 7) is 3.54. The third kappa shape index (κ3) is 5.19. The van der Waals surface area contributed by atoms with Crippen molar-refractivity contribution in [3.63, 3.8) is 0 Å². The van der Waals surface area contributed by atoms with Crippen LogP contribution in [0.1, 0.15) is 32.1 Å². The van der Waals surface area contributed by atoms with E-state index < -0.39 is 19.9 Å². The van der Waals surface area contributed by atoms with E-state index in [9.17, 15) is 16.8 Å². The molecule has 2 aliphatic rings. The van der Waals surface area contributed by atoms with E-state index in [0.29, 0.717) is 6.54 Å². The Morgan fingerprint density at radius 2 is 1.62 bits per heavy atom. The molecule has 1 atom stereocenters. The Labute approximate surface area is 128 Å². The largest absolute Gasteiger partial charge is 0.302 e. The number of sulfonamides is 1. The summed E-state index contributed by atoms with van der Waals surface area (Å²) in [7, 11) is -6.42. The lowest BCUT2D eigenvalue weighted by molar-refractivity contribution is 0.257. The minimum atomic E-state index is -3.33. The van der Waals surface area contributed by atoms with Crippen LogP contribution >= 0.6 is 0 Å². The molecule has 0 spiro atoms. The van der Waals surface area contributed by atoms with Gasteiger partial charge in [-0.3, -0.25) is 0 Å². The molecule has 6 nitrogen and oxygen atoms in total. The Morgan fingerprint density at radius 3 is 2.24 bits per heavy atom. The zero-order chi connectivity index (χ0) is 15.5. The van der Waals surface area contributed by atoms with Crippen LogP contribution in [0.3, 0.4) is 0 Å². The lowest BCUT2D eigenvalue weighted by Gasteiger charge is -2.27. The van der Waals surface area contributed by atoms with Crippen molar-refractivity contribution in [1.82, 2.24) is 9.21 Å². The molecule has 0 unspecified atom stereocenters. The molecule has 8 heteroatoms. The van der Waals surface area contributed by atoms with E-state index in [1.807, 2.05) is 0 Å². The fourth-order valence-corrected chi connectivity index (χ4v) is 5.87. The van der Waals surface area contributed by atoms with Gasteiger partial charge in [-0.2, -0.15) is 4.31 Å². The van der Waals surface area contributed by atoms with Crippen molar-refractivity contribution in [1.29, 1.82) is 0 Å². The van der Waals surface area contributed by atoms with Crippen LogP contribution in [0.25, 0.3) is 0 Å². The first kappa shape index (κ1) is 17.2. The molecule has 0 amide bonds. The van der Waals surface area contributed by atoms with Crippen LogP contribution in [0, 0.1) is 0 Å². The number of sulfone groups is 1. The van der Waals surface area contributed by atoms with Gasteiger partial charge >= 0.3 is 0 Å². The number of rotatable bonds is 7. The van der Waals surface area contributed by atoms with Crippen LogP contribution in [-0.4, -0.2) is 76.0 Å². The molecule has 0 saturated carbocycles. The van der Waals surface area contributed by atoms with Crippen molar-refractivity contribution < 1.29 is 16.8 Å². The summed E-state index contributed by atoms with van der Waals surface area (Å²) in [4.78, 5) is 2.34. The second-order valence-electron chi connectivity index (χ2n) is 6.21. The van der Waals surface area contributed by atoms with E-state index in [-0.39, 0.29) is 24.0 Å². The van der Waals surface area contributed by atoms with Crippen LogP contribution < -0.4 is 0 Å². The average Bonchev–Trinajstić information content (AvgIpc) is 2.98. The highest BCUT2D eigenvalue weighted by molar-refractivity contribution is 7.91. The molecule has 21 heavy (non-hydrogen) atoms. The highest BCUT2D eigenvalue weighted by atomic mass is 32.2. The van der Waals surface area contributed by atoms with Gasteiger partial charge in [0.25, 0.3) is 0 Å². The van der Waals surface area contributed by atoms with Gasteiger partial charge in [-0.05, 0) is 45.2 Å². The Hall–Kier alpha value is -0.180. The summed E-state index contributed by atoms with van der Waals surface area (Å²) >= 11 is 0. The minimum Gasteiger partial charge on any atom is -0.302 e. The summed E-state index contributed by atoms with van der Waals surface area (Å²) in [5.41, 5.74) is 0. The fourth-order valence-electron chi connectivity index (χ4n) is 3.24. The molecular formula is C13H26N2O4S2. The van der Waals surface area contributed by atoms with Crippen molar-refractivity contribution in [2.75, 3.05) is 43.9 Å². The molecule has 2 fully saturated rings. The quantitative estimate of drug-likeness (QED) is 0.668. The maximum absolute atomic E-state index is 12.4. The molecule has 2 heterocycles. The molecule has 0 radical (unpaired) electrons. The van der Waals surface area contributed by atoms with E-state index in [2.05, 4.69) is 4.90 Å². The summed E-state index contributed by atoms with van der Waals surface area (Å²) in [6.07, 6.45) is 5.56. The summed E-state index contributed by atoms with van der Waals surface area (Å²) < 4.78 is 48.7. The minimum absolute atomic E-state index is 0.0587. The second kappa shape index (κ2) is 6.93. The normalized spacial score (nSPS) is 25.7. The standard InChI is InChI=1S/C13H26N2O4S2/c1-20(16,17)10-5-11-21(18,19)15-9-4-6-13(15)12-14-7-2-3-8-14/h13H,2-12H2,1H3/t13-/m0/s1. The smallest absolute Gasteiger partial charge is 0.214 e. The maximum atomic E-state index is 12.4. The molecule has 0 aromatic rings.